The van der Waals surface area contributed by atoms with E-state index in [2.05, 4.69) is 12.0 Å². The number of ether oxygens (including phenoxy) is 1. The number of rotatable bonds is 5. The number of nitrogens with zero attached hydrogens (tertiary/aromatic N) is 2. The van der Waals surface area contributed by atoms with Crippen molar-refractivity contribution in [3.63, 3.8) is 0 Å². The minimum atomic E-state index is -0.0328. The van der Waals surface area contributed by atoms with Crippen molar-refractivity contribution in [2.75, 3.05) is 7.11 Å². The molecule has 0 aliphatic rings. The van der Waals surface area contributed by atoms with Crippen LogP contribution in [0.2, 0.25) is 0 Å². The van der Waals surface area contributed by atoms with E-state index in [0.29, 0.717) is 0 Å². The molecule has 0 spiro atoms. The highest BCUT2D eigenvalue weighted by molar-refractivity contribution is 5.31. The van der Waals surface area contributed by atoms with Crippen molar-refractivity contribution in [3.8, 4) is 5.75 Å². The molecule has 0 fully saturated rings. The second-order valence-corrected chi connectivity index (χ2v) is 4.29. The Morgan fingerprint density at radius 1 is 1.44 bits per heavy atom. The maximum absolute atomic E-state index is 6.21. The van der Waals surface area contributed by atoms with Gasteiger partial charge in [0, 0.05) is 18.8 Å². The van der Waals surface area contributed by atoms with Gasteiger partial charge in [-0.15, -0.1) is 0 Å². The normalized spacial score (nSPS) is 12.4. The monoisotopic (exact) mass is 245 g/mol. The fourth-order valence-corrected chi connectivity index (χ4v) is 1.93. The molecule has 1 aromatic carbocycles. The molecule has 18 heavy (non-hydrogen) atoms. The summed E-state index contributed by atoms with van der Waals surface area (Å²) in [5, 5.41) is 4.25. The third-order valence-electron chi connectivity index (χ3n) is 2.99. The molecule has 1 atom stereocenters. The molecule has 0 amide bonds. The molecular formula is C14H19N3O. The van der Waals surface area contributed by atoms with Crippen LogP contribution in [-0.2, 0) is 13.0 Å². The SMILES string of the molecule is CCn1cc(CC(N)c2cccc(OC)c2)cn1. The maximum Gasteiger partial charge on any atom is 0.119 e. The Labute approximate surface area is 107 Å². The minimum absolute atomic E-state index is 0.0328. The number of methoxy groups -OCH3 is 1. The van der Waals surface area contributed by atoms with Crippen molar-refractivity contribution in [2.24, 2.45) is 5.73 Å². The van der Waals surface area contributed by atoms with E-state index in [9.17, 15) is 0 Å². The third kappa shape index (κ3) is 2.90. The van der Waals surface area contributed by atoms with E-state index in [1.807, 2.05) is 41.3 Å². The summed E-state index contributed by atoms with van der Waals surface area (Å²) >= 11 is 0. The number of benzene rings is 1. The summed E-state index contributed by atoms with van der Waals surface area (Å²) in [5.74, 6) is 0.840. The van der Waals surface area contributed by atoms with E-state index in [4.69, 9.17) is 10.5 Å². The molecule has 96 valence electrons. The minimum Gasteiger partial charge on any atom is -0.497 e. The van der Waals surface area contributed by atoms with Gasteiger partial charge in [0.05, 0.1) is 13.3 Å². The second kappa shape index (κ2) is 5.69. The highest BCUT2D eigenvalue weighted by Crippen LogP contribution is 2.20. The van der Waals surface area contributed by atoms with E-state index < -0.39 is 0 Å². The quantitative estimate of drug-likeness (QED) is 0.878. The van der Waals surface area contributed by atoms with Gasteiger partial charge >= 0.3 is 0 Å². The Kier molecular flexibility index (Phi) is 3.99. The molecular weight excluding hydrogens is 226 g/mol. The lowest BCUT2D eigenvalue weighted by atomic mass is 10.0. The number of hydrogen-bond acceptors (Lipinski definition) is 3. The standard InChI is InChI=1S/C14H19N3O/c1-3-17-10-11(9-16-17)7-14(15)12-5-4-6-13(8-12)18-2/h4-6,8-10,14H,3,7,15H2,1-2H3. The van der Waals surface area contributed by atoms with Gasteiger partial charge in [-0.05, 0) is 36.6 Å². The lowest BCUT2D eigenvalue weighted by Crippen LogP contribution is -2.13. The fraction of sp³-hybridized carbons (Fsp3) is 0.357. The summed E-state index contributed by atoms with van der Waals surface area (Å²) in [6, 6.07) is 7.86. The van der Waals surface area contributed by atoms with Gasteiger partial charge in [-0.1, -0.05) is 12.1 Å². The lowest BCUT2D eigenvalue weighted by Gasteiger charge is -2.12. The van der Waals surface area contributed by atoms with Crippen molar-refractivity contribution in [1.82, 2.24) is 9.78 Å². The first-order valence-electron chi connectivity index (χ1n) is 6.13. The van der Waals surface area contributed by atoms with Crippen molar-refractivity contribution in [1.29, 1.82) is 0 Å². The van der Waals surface area contributed by atoms with Crippen LogP contribution in [0.3, 0.4) is 0 Å². The highest BCUT2D eigenvalue weighted by Gasteiger charge is 2.09. The van der Waals surface area contributed by atoms with E-state index in [-0.39, 0.29) is 6.04 Å². The van der Waals surface area contributed by atoms with Crippen LogP contribution in [-0.4, -0.2) is 16.9 Å². The van der Waals surface area contributed by atoms with Gasteiger partial charge in [0.15, 0.2) is 0 Å². The molecule has 2 rings (SSSR count). The Morgan fingerprint density at radius 3 is 2.94 bits per heavy atom. The molecule has 4 heteroatoms. The fourth-order valence-electron chi connectivity index (χ4n) is 1.93. The Hall–Kier alpha value is -1.81. The molecule has 2 aromatic rings. The third-order valence-corrected chi connectivity index (χ3v) is 2.99. The van der Waals surface area contributed by atoms with E-state index in [1.165, 1.54) is 0 Å². The summed E-state index contributed by atoms with van der Waals surface area (Å²) in [7, 11) is 1.66. The van der Waals surface area contributed by atoms with Crippen LogP contribution in [0.25, 0.3) is 0 Å². The van der Waals surface area contributed by atoms with Crippen molar-refractivity contribution in [2.45, 2.75) is 25.9 Å². The van der Waals surface area contributed by atoms with Gasteiger partial charge < -0.3 is 10.5 Å². The first-order valence-corrected chi connectivity index (χ1v) is 6.13. The largest absolute Gasteiger partial charge is 0.497 e. The number of nitrogens with two attached hydrogens (primary N) is 1. The molecule has 1 aromatic heterocycles. The van der Waals surface area contributed by atoms with Gasteiger partial charge in [0.1, 0.15) is 5.75 Å². The van der Waals surface area contributed by atoms with Gasteiger partial charge in [-0.2, -0.15) is 5.10 Å². The summed E-state index contributed by atoms with van der Waals surface area (Å²) in [4.78, 5) is 0. The molecule has 4 nitrogen and oxygen atoms in total. The molecule has 2 N–H and O–H groups in total. The topological polar surface area (TPSA) is 53.1 Å². The Balaban J connectivity index is 2.08. The van der Waals surface area contributed by atoms with E-state index in [0.717, 1.165) is 29.8 Å². The van der Waals surface area contributed by atoms with Crippen molar-refractivity contribution >= 4 is 0 Å². The van der Waals surface area contributed by atoms with Gasteiger partial charge in [-0.25, -0.2) is 0 Å². The average molecular weight is 245 g/mol. The van der Waals surface area contributed by atoms with Crippen molar-refractivity contribution < 1.29 is 4.74 Å². The zero-order valence-electron chi connectivity index (χ0n) is 10.8. The summed E-state index contributed by atoms with van der Waals surface area (Å²) in [5.41, 5.74) is 8.45. The summed E-state index contributed by atoms with van der Waals surface area (Å²) < 4.78 is 7.12. The van der Waals surface area contributed by atoms with Crippen LogP contribution in [0.5, 0.6) is 5.75 Å². The molecule has 0 bridgehead atoms. The van der Waals surface area contributed by atoms with Gasteiger partial charge in [0.2, 0.25) is 0 Å². The van der Waals surface area contributed by atoms with E-state index in [1.54, 1.807) is 7.11 Å². The molecule has 0 aliphatic carbocycles. The van der Waals surface area contributed by atoms with Crippen LogP contribution in [0.1, 0.15) is 24.1 Å². The van der Waals surface area contributed by atoms with Crippen LogP contribution < -0.4 is 10.5 Å². The van der Waals surface area contributed by atoms with Crippen LogP contribution in [0, 0.1) is 0 Å². The molecule has 0 aliphatic heterocycles. The number of hydrogen-bond donors (Lipinski definition) is 1. The van der Waals surface area contributed by atoms with Crippen molar-refractivity contribution in [3.05, 3.63) is 47.8 Å². The Morgan fingerprint density at radius 2 is 2.28 bits per heavy atom. The smallest absolute Gasteiger partial charge is 0.119 e. The molecule has 0 saturated heterocycles. The van der Waals surface area contributed by atoms with Gasteiger partial charge in [-0.3, -0.25) is 4.68 Å². The summed E-state index contributed by atoms with van der Waals surface area (Å²) in [6.07, 6.45) is 4.71. The number of aryl methyl sites for hydroxylation is 1. The van der Waals surface area contributed by atoms with Crippen LogP contribution >= 0.6 is 0 Å². The molecule has 0 radical (unpaired) electrons. The predicted octanol–water partition coefficient (Wildman–Crippen LogP) is 2.15. The zero-order chi connectivity index (χ0) is 13.0. The first-order chi connectivity index (χ1) is 8.72. The Bertz CT molecular complexity index is 507. The summed E-state index contributed by atoms with van der Waals surface area (Å²) in [6.45, 7) is 2.95. The molecule has 1 heterocycles. The maximum atomic E-state index is 6.21. The van der Waals surface area contributed by atoms with Gasteiger partial charge in [0.25, 0.3) is 0 Å². The zero-order valence-corrected chi connectivity index (χ0v) is 10.8. The first kappa shape index (κ1) is 12.6. The predicted molar refractivity (Wildman–Crippen MR) is 71.5 cm³/mol. The number of aromatic nitrogens is 2. The molecule has 1 unspecified atom stereocenters. The van der Waals surface area contributed by atoms with Crippen LogP contribution in [0.15, 0.2) is 36.7 Å². The average Bonchev–Trinajstić information content (AvgIpc) is 2.86. The van der Waals surface area contributed by atoms with Crippen LogP contribution in [0.4, 0.5) is 0 Å². The lowest BCUT2D eigenvalue weighted by molar-refractivity contribution is 0.414. The highest BCUT2D eigenvalue weighted by atomic mass is 16.5. The van der Waals surface area contributed by atoms with E-state index >= 15 is 0 Å². The second-order valence-electron chi connectivity index (χ2n) is 4.29. The molecule has 0 saturated carbocycles.